The van der Waals surface area contributed by atoms with Gasteiger partial charge in [0, 0.05) is 53.5 Å². The molecule has 2 aromatic carbocycles. The number of nitrogens with one attached hydrogen (secondary N) is 1. The number of nitrogens with zero attached hydrogens (tertiary/aromatic N) is 4. The van der Waals surface area contributed by atoms with Gasteiger partial charge in [-0.15, -0.1) is 11.3 Å². The van der Waals surface area contributed by atoms with Gasteiger partial charge in [-0.2, -0.15) is 0 Å². The summed E-state index contributed by atoms with van der Waals surface area (Å²) < 4.78 is 1.07. The summed E-state index contributed by atoms with van der Waals surface area (Å²) in [5.74, 6) is 0.673. The fraction of sp³-hybridized carbons (Fsp3) is 0.261. The molecule has 3 heterocycles. The number of amides is 1. The van der Waals surface area contributed by atoms with Crippen molar-refractivity contribution < 1.29 is 4.79 Å². The highest BCUT2D eigenvalue weighted by atomic mass is 32.1. The van der Waals surface area contributed by atoms with E-state index in [9.17, 15) is 4.79 Å². The summed E-state index contributed by atoms with van der Waals surface area (Å²) in [4.78, 5) is 27.3. The van der Waals surface area contributed by atoms with E-state index in [4.69, 9.17) is 4.98 Å². The highest BCUT2D eigenvalue weighted by Crippen LogP contribution is 2.32. The zero-order chi connectivity index (χ0) is 20.7. The maximum absolute atomic E-state index is 13.0. The predicted molar refractivity (Wildman–Crippen MR) is 123 cm³/mol. The zero-order valence-corrected chi connectivity index (χ0v) is 17.9. The fourth-order valence-corrected chi connectivity index (χ4v) is 4.80. The molecule has 0 saturated carbocycles. The summed E-state index contributed by atoms with van der Waals surface area (Å²) in [7, 11) is 2.09. The van der Waals surface area contributed by atoms with Crippen molar-refractivity contribution in [1.29, 1.82) is 0 Å². The molecule has 0 atom stereocenters. The van der Waals surface area contributed by atoms with Crippen LogP contribution in [0.5, 0.6) is 0 Å². The van der Waals surface area contributed by atoms with Gasteiger partial charge in [-0.3, -0.25) is 4.79 Å². The van der Waals surface area contributed by atoms with E-state index in [0.29, 0.717) is 5.95 Å². The molecule has 6 nitrogen and oxygen atoms in total. The van der Waals surface area contributed by atoms with E-state index in [1.165, 1.54) is 0 Å². The Balaban J connectivity index is 1.50. The van der Waals surface area contributed by atoms with Crippen LogP contribution < -0.4 is 5.32 Å². The number of piperazine rings is 1. The average Bonchev–Trinajstić information content (AvgIpc) is 3.20. The van der Waals surface area contributed by atoms with Gasteiger partial charge < -0.3 is 15.1 Å². The number of aromatic nitrogens is 2. The number of hydrogen-bond acceptors (Lipinski definition) is 6. The molecule has 0 spiro atoms. The topological polar surface area (TPSA) is 61.4 Å². The number of benzene rings is 2. The summed E-state index contributed by atoms with van der Waals surface area (Å²) >= 11 is 1.54. The van der Waals surface area contributed by atoms with Crippen LogP contribution >= 0.6 is 11.3 Å². The van der Waals surface area contributed by atoms with Crippen molar-refractivity contribution in [1.82, 2.24) is 19.8 Å². The summed E-state index contributed by atoms with van der Waals surface area (Å²) in [5, 5.41) is 5.29. The molecule has 0 aliphatic carbocycles. The van der Waals surface area contributed by atoms with Crippen molar-refractivity contribution >= 4 is 49.9 Å². The van der Waals surface area contributed by atoms with Crippen LogP contribution in [0.4, 0.5) is 11.6 Å². The van der Waals surface area contributed by atoms with Gasteiger partial charge in [0.05, 0.1) is 10.4 Å². The molecule has 0 unspecified atom stereocenters. The van der Waals surface area contributed by atoms with Crippen LogP contribution in [0, 0.1) is 6.92 Å². The maximum Gasteiger partial charge on any atom is 0.264 e. The predicted octanol–water partition coefficient (Wildman–Crippen LogP) is 4.28. The third-order valence-electron chi connectivity index (χ3n) is 5.64. The summed E-state index contributed by atoms with van der Waals surface area (Å²) in [6.07, 6.45) is 1.84. The van der Waals surface area contributed by atoms with E-state index in [1.54, 1.807) is 11.3 Å². The minimum Gasteiger partial charge on any atom is -0.335 e. The summed E-state index contributed by atoms with van der Waals surface area (Å²) in [5.41, 5.74) is 2.99. The van der Waals surface area contributed by atoms with Crippen molar-refractivity contribution in [3.8, 4) is 0 Å². The van der Waals surface area contributed by atoms with Crippen molar-refractivity contribution in [3.05, 3.63) is 59.1 Å². The molecular weight excluding hydrogens is 394 g/mol. The van der Waals surface area contributed by atoms with Crippen LogP contribution in [0.1, 0.15) is 15.2 Å². The van der Waals surface area contributed by atoms with E-state index < -0.39 is 0 Å². The van der Waals surface area contributed by atoms with Gasteiger partial charge in [0.15, 0.2) is 0 Å². The van der Waals surface area contributed by atoms with Gasteiger partial charge >= 0.3 is 0 Å². The largest absolute Gasteiger partial charge is 0.335 e. The van der Waals surface area contributed by atoms with Crippen LogP contribution in [0.25, 0.3) is 21.0 Å². The third-order valence-corrected chi connectivity index (χ3v) is 6.73. The van der Waals surface area contributed by atoms with Gasteiger partial charge in [-0.1, -0.05) is 18.2 Å². The highest BCUT2D eigenvalue weighted by Gasteiger charge is 2.22. The molecule has 1 N–H and O–H groups in total. The minimum atomic E-state index is 0.116. The Bertz CT molecular complexity index is 1240. The maximum atomic E-state index is 13.0. The van der Waals surface area contributed by atoms with Gasteiger partial charge in [-0.05, 0) is 43.8 Å². The Kier molecular flexibility index (Phi) is 4.84. The number of rotatable bonds is 3. The van der Waals surface area contributed by atoms with Crippen LogP contribution in [0.2, 0.25) is 0 Å². The smallest absolute Gasteiger partial charge is 0.264 e. The molecule has 1 saturated heterocycles. The van der Waals surface area contributed by atoms with E-state index >= 15 is 0 Å². The Hall–Kier alpha value is -3.03. The molecular formula is C23H23N5OS. The molecule has 0 bridgehead atoms. The molecule has 5 rings (SSSR count). The Morgan fingerprint density at radius 2 is 1.90 bits per heavy atom. The molecule has 1 amide bonds. The quantitative estimate of drug-likeness (QED) is 0.539. The standard InChI is InChI=1S/C23H23N5OS/c1-15-5-3-4-6-18(15)25-23-24-14-16-7-8-19-17(21(16)26-23)13-20(30-19)22(29)28-11-9-27(2)10-12-28/h3-8,13-14H,9-12H2,1-2H3,(H,24,25,26). The van der Waals surface area contributed by atoms with Crippen LogP contribution in [0.3, 0.4) is 0 Å². The number of aryl methyl sites for hydroxylation is 1. The molecule has 4 aromatic rings. The van der Waals surface area contributed by atoms with Gasteiger partial charge in [-0.25, -0.2) is 9.97 Å². The second kappa shape index (κ2) is 7.66. The second-order valence-electron chi connectivity index (χ2n) is 7.75. The van der Waals surface area contributed by atoms with Gasteiger partial charge in [0.1, 0.15) is 0 Å². The highest BCUT2D eigenvalue weighted by molar-refractivity contribution is 7.21. The molecule has 30 heavy (non-hydrogen) atoms. The number of anilines is 2. The first kappa shape index (κ1) is 19.0. The minimum absolute atomic E-state index is 0.116. The first-order valence-corrected chi connectivity index (χ1v) is 10.9. The van der Waals surface area contributed by atoms with Gasteiger partial charge in [0.2, 0.25) is 5.95 Å². The molecule has 7 heteroatoms. The lowest BCUT2D eigenvalue weighted by atomic mass is 10.1. The average molecular weight is 418 g/mol. The third kappa shape index (κ3) is 3.51. The van der Waals surface area contributed by atoms with Crippen molar-refractivity contribution in [3.63, 3.8) is 0 Å². The lowest BCUT2D eigenvalue weighted by Gasteiger charge is -2.32. The molecule has 152 valence electrons. The van der Waals surface area contributed by atoms with Gasteiger partial charge in [0.25, 0.3) is 5.91 Å². The van der Waals surface area contributed by atoms with Crippen LogP contribution in [0.15, 0.2) is 48.7 Å². The first-order chi connectivity index (χ1) is 14.6. The molecule has 1 aliphatic heterocycles. The fourth-order valence-electron chi connectivity index (χ4n) is 3.77. The monoisotopic (exact) mass is 417 g/mol. The van der Waals surface area contributed by atoms with E-state index in [2.05, 4.69) is 41.3 Å². The van der Waals surface area contributed by atoms with Crippen LogP contribution in [-0.2, 0) is 0 Å². The molecule has 2 aromatic heterocycles. The number of carbonyl (C=O) groups is 1. The molecule has 1 fully saturated rings. The van der Waals surface area contributed by atoms with Crippen LogP contribution in [-0.4, -0.2) is 58.9 Å². The SMILES string of the molecule is Cc1ccccc1Nc1ncc2ccc3sc(C(=O)N4CCN(C)CC4)cc3c2n1. The number of likely N-dealkylation sites (N-methyl/N-ethyl adjacent to an activating group) is 1. The lowest BCUT2D eigenvalue weighted by molar-refractivity contribution is 0.0669. The Labute approximate surface area is 179 Å². The number of thiophene rings is 1. The Morgan fingerprint density at radius 3 is 2.70 bits per heavy atom. The zero-order valence-electron chi connectivity index (χ0n) is 17.1. The first-order valence-electron chi connectivity index (χ1n) is 10.1. The van der Waals surface area contributed by atoms with E-state index in [1.807, 2.05) is 41.4 Å². The second-order valence-corrected chi connectivity index (χ2v) is 8.84. The summed E-state index contributed by atoms with van der Waals surface area (Å²) in [6, 6.07) is 14.1. The molecule has 1 aliphatic rings. The van der Waals surface area contributed by atoms with Crippen molar-refractivity contribution in [2.75, 3.05) is 38.5 Å². The lowest BCUT2D eigenvalue weighted by Crippen LogP contribution is -2.46. The van der Waals surface area contributed by atoms with E-state index in [-0.39, 0.29) is 5.91 Å². The number of para-hydroxylation sites is 1. The van der Waals surface area contributed by atoms with E-state index in [0.717, 1.165) is 63.3 Å². The Morgan fingerprint density at radius 1 is 1.10 bits per heavy atom. The molecule has 0 radical (unpaired) electrons. The van der Waals surface area contributed by atoms with Crippen molar-refractivity contribution in [2.45, 2.75) is 6.92 Å². The normalized spacial score (nSPS) is 15.1. The number of fused-ring (bicyclic) bond motifs is 3. The number of carbonyl (C=O) groups excluding carboxylic acids is 1. The summed E-state index contributed by atoms with van der Waals surface area (Å²) in [6.45, 7) is 5.44. The van der Waals surface area contributed by atoms with Crippen molar-refractivity contribution in [2.24, 2.45) is 0 Å². The number of hydrogen-bond donors (Lipinski definition) is 1.